The van der Waals surface area contributed by atoms with E-state index in [1.807, 2.05) is 6.07 Å². The van der Waals surface area contributed by atoms with Gasteiger partial charge in [-0.3, -0.25) is 4.99 Å². The Balaban J connectivity index is 1.83. The average Bonchev–Trinajstić information content (AvgIpc) is 3.04. The number of nitrogens with zero attached hydrogens (tertiary/aromatic N) is 3. The zero-order chi connectivity index (χ0) is 19.4. The number of benzene rings is 2. The van der Waals surface area contributed by atoms with Crippen LogP contribution in [0.3, 0.4) is 0 Å². The second-order valence-electron chi connectivity index (χ2n) is 5.41. The Bertz CT molecular complexity index is 1050. The van der Waals surface area contributed by atoms with Crippen molar-refractivity contribution in [1.29, 1.82) is 5.26 Å². The molecule has 8 heteroatoms. The molecular formula is C19H11ClFN3O3. The van der Waals surface area contributed by atoms with E-state index in [9.17, 15) is 14.4 Å². The number of hydrogen-bond acceptors (Lipinski definition) is 5. The van der Waals surface area contributed by atoms with Crippen LogP contribution in [-0.4, -0.2) is 22.4 Å². The van der Waals surface area contributed by atoms with E-state index in [2.05, 4.69) is 10.1 Å². The zero-order valence-electron chi connectivity index (χ0n) is 13.7. The normalized spacial score (nSPS) is 10.9. The minimum atomic E-state index is -1.02. The number of carboxylic acid groups (broad SMARTS) is 1. The monoisotopic (exact) mass is 383 g/mol. The van der Waals surface area contributed by atoms with Gasteiger partial charge in [-0.05, 0) is 36.4 Å². The van der Waals surface area contributed by atoms with E-state index in [-0.39, 0.29) is 39.6 Å². The SMILES string of the molecule is N#Cc1c(-c2c(F)cccc2Cl)noc1CC=Nc1ccc(C(=O)O)cc1. The van der Waals surface area contributed by atoms with E-state index in [0.717, 1.165) is 0 Å². The van der Waals surface area contributed by atoms with Crippen molar-refractivity contribution in [3.8, 4) is 17.3 Å². The number of hydrogen-bond donors (Lipinski definition) is 1. The number of nitriles is 1. The van der Waals surface area contributed by atoms with Gasteiger partial charge in [0.25, 0.3) is 0 Å². The molecule has 0 saturated carbocycles. The van der Waals surface area contributed by atoms with E-state index in [1.54, 1.807) is 12.1 Å². The van der Waals surface area contributed by atoms with Crippen molar-refractivity contribution in [1.82, 2.24) is 5.16 Å². The first-order valence-corrected chi connectivity index (χ1v) is 8.08. The van der Waals surface area contributed by atoms with Crippen LogP contribution in [0.2, 0.25) is 5.02 Å². The molecule has 0 radical (unpaired) electrons. The average molecular weight is 384 g/mol. The fourth-order valence-corrected chi connectivity index (χ4v) is 2.65. The summed E-state index contributed by atoms with van der Waals surface area (Å²) < 4.78 is 19.3. The molecule has 0 aliphatic heterocycles. The molecule has 134 valence electrons. The number of halogens is 2. The summed E-state index contributed by atoms with van der Waals surface area (Å²) in [6.07, 6.45) is 1.63. The van der Waals surface area contributed by atoms with Gasteiger partial charge in [-0.15, -0.1) is 0 Å². The van der Waals surface area contributed by atoms with Crippen molar-refractivity contribution in [2.24, 2.45) is 4.99 Å². The summed E-state index contributed by atoms with van der Waals surface area (Å²) >= 11 is 6.02. The van der Waals surface area contributed by atoms with Crippen LogP contribution in [0.5, 0.6) is 0 Å². The molecule has 0 saturated heterocycles. The molecule has 0 fully saturated rings. The third kappa shape index (κ3) is 3.86. The van der Waals surface area contributed by atoms with Gasteiger partial charge in [0.05, 0.1) is 21.8 Å². The van der Waals surface area contributed by atoms with Crippen LogP contribution in [0.25, 0.3) is 11.3 Å². The lowest BCUT2D eigenvalue weighted by Gasteiger charge is -2.01. The summed E-state index contributed by atoms with van der Waals surface area (Å²) in [5, 5.41) is 22.2. The first-order chi connectivity index (χ1) is 13.0. The molecule has 0 aliphatic carbocycles. The Morgan fingerprint density at radius 2 is 2.07 bits per heavy atom. The summed E-state index contributed by atoms with van der Waals surface area (Å²) in [5.41, 5.74) is 0.814. The van der Waals surface area contributed by atoms with Gasteiger partial charge in [-0.25, -0.2) is 9.18 Å². The standard InChI is InChI=1S/C19H11ClFN3O3/c20-14-2-1-3-15(21)17(14)18-13(10-22)16(27-24-18)8-9-23-12-6-4-11(5-7-12)19(25)26/h1-7,9H,8H2,(H,25,26). The van der Waals surface area contributed by atoms with Crippen LogP contribution in [0.15, 0.2) is 52.0 Å². The van der Waals surface area contributed by atoms with Gasteiger partial charge in [0, 0.05) is 12.6 Å². The minimum Gasteiger partial charge on any atom is -0.478 e. The van der Waals surface area contributed by atoms with E-state index >= 15 is 0 Å². The molecule has 0 amide bonds. The molecule has 27 heavy (non-hydrogen) atoms. The second kappa shape index (κ2) is 7.81. The smallest absolute Gasteiger partial charge is 0.335 e. The van der Waals surface area contributed by atoms with Gasteiger partial charge in [-0.1, -0.05) is 22.8 Å². The van der Waals surface area contributed by atoms with Crippen molar-refractivity contribution >= 4 is 29.5 Å². The number of carboxylic acids is 1. The molecular weight excluding hydrogens is 373 g/mol. The zero-order valence-corrected chi connectivity index (χ0v) is 14.4. The molecule has 1 N–H and O–H groups in total. The van der Waals surface area contributed by atoms with Crippen LogP contribution >= 0.6 is 11.6 Å². The highest BCUT2D eigenvalue weighted by atomic mass is 35.5. The fourth-order valence-electron chi connectivity index (χ4n) is 2.40. The molecule has 1 heterocycles. The maximum absolute atomic E-state index is 14.1. The molecule has 0 spiro atoms. The lowest BCUT2D eigenvalue weighted by Crippen LogP contribution is -1.94. The van der Waals surface area contributed by atoms with Crippen molar-refractivity contribution < 1.29 is 18.8 Å². The second-order valence-corrected chi connectivity index (χ2v) is 5.81. The number of aromatic nitrogens is 1. The molecule has 3 aromatic rings. The Kier molecular flexibility index (Phi) is 5.29. The predicted molar refractivity (Wildman–Crippen MR) is 96.9 cm³/mol. The summed E-state index contributed by atoms with van der Waals surface area (Å²) in [4.78, 5) is 15.0. The van der Waals surface area contributed by atoms with E-state index in [1.165, 1.54) is 36.5 Å². The van der Waals surface area contributed by atoms with Gasteiger partial charge in [-0.2, -0.15) is 5.26 Å². The Hall–Kier alpha value is -3.50. The lowest BCUT2D eigenvalue weighted by molar-refractivity contribution is 0.0697. The Labute approximate surface area is 158 Å². The number of rotatable bonds is 5. The first kappa shape index (κ1) is 18.3. The largest absolute Gasteiger partial charge is 0.478 e. The van der Waals surface area contributed by atoms with Crippen LogP contribution in [-0.2, 0) is 6.42 Å². The number of carbonyl (C=O) groups is 1. The molecule has 1 aromatic heterocycles. The summed E-state index contributed by atoms with van der Waals surface area (Å²) in [6.45, 7) is 0. The molecule has 2 aromatic carbocycles. The van der Waals surface area contributed by atoms with E-state index in [4.69, 9.17) is 21.2 Å². The van der Waals surface area contributed by atoms with Gasteiger partial charge in [0.2, 0.25) is 0 Å². The van der Waals surface area contributed by atoms with Crippen molar-refractivity contribution in [3.05, 3.63) is 70.2 Å². The number of aromatic carboxylic acids is 1. The van der Waals surface area contributed by atoms with Gasteiger partial charge in [0.15, 0.2) is 5.76 Å². The van der Waals surface area contributed by atoms with Crippen molar-refractivity contribution in [2.75, 3.05) is 0 Å². The van der Waals surface area contributed by atoms with Crippen molar-refractivity contribution in [3.63, 3.8) is 0 Å². The molecule has 6 nitrogen and oxygen atoms in total. The Morgan fingerprint density at radius 3 is 2.70 bits per heavy atom. The third-order valence-corrected chi connectivity index (χ3v) is 4.02. The summed E-state index contributed by atoms with van der Waals surface area (Å²) in [7, 11) is 0. The van der Waals surface area contributed by atoms with Crippen LogP contribution in [0.1, 0.15) is 21.7 Å². The fraction of sp³-hybridized carbons (Fsp3) is 0.0526. The van der Waals surface area contributed by atoms with Gasteiger partial charge >= 0.3 is 5.97 Å². The first-order valence-electron chi connectivity index (χ1n) is 7.70. The maximum atomic E-state index is 14.1. The van der Waals surface area contributed by atoms with Crippen LogP contribution < -0.4 is 0 Å². The minimum absolute atomic E-state index is 0.00640. The maximum Gasteiger partial charge on any atom is 0.335 e. The molecule has 0 aliphatic rings. The van der Waals surface area contributed by atoms with Crippen LogP contribution in [0.4, 0.5) is 10.1 Å². The molecule has 0 bridgehead atoms. The molecule has 0 atom stereocenters. The topological polar surface area (TPSA) is 99.5 Å². The highest BCUT2D eigenvalue weighted by Crippen LogP contribution is 2.33. The van der Waals surface area contributed by atoms with Gasteiger partial charge in [0.1, 0.15) is 23.1 Å². The van der Waals surface area contributed by atoms with E-state index < -0.39 is 11.8 Å². The third-order valence-electron chi connectivity index (χ3n) is 3.71. The highest BCUT2D eigenvalue weighted by molar-refractivity contribution is 6.33. The summed E-state index contributed by atoms with van der Waals surface area (Å²) in [6, 6.07) is 12.1. The molecule has 0 unspecified atom stereocenters. The quantitative estimate of drug-likeness (QED) is 0.646. The van der Waals surface area contributed by atoms with Gasteiger partial charge < -0.3 is 9.63 Å². The Morgan fingerprint density at radius 1 is 1.33 bits per heavy atom. The lowest BCUT2D eigenvalue weighted by atomic mass is 10.1. The summed E-state index contributed by atoms with van der Waals surface area (Å²) in [5.74, 6) is -1.41. The highest BCUT2D eigenvalue weighted by Gasteiger charge is 2.21. The van der Waals surface area contributed by atoms with Crippen LogP contribution in [0, 0.1) is 17.1 Å². The predicted octanol–water partition coefficient (Wildman–Crippen LogP) is 4.65. The molecule has 3 rings (SSSR count). The number of aliphatic imine (C=N–C) groups is 1. The van der Waals surface area contributed by atoms with E-state index in [0.29, 0.717) is 5.69 Å². The van der Waals surface area contributed by atoms with Crippen molar-refractivity contribution in [2.45, 2.75) is 6.42 Å².